The maximum absolute atomic E-state index is 13.6. The van der Waals surface area contributed by atoms with E-state index in [0.29, 0.717) is 12.4 Å². The van der Waals surface area contributed by atoms with E-state index in [1.165, 1.54) is 30.0 Å². The summed E-state index contributed by atoms with van der Waals surface area (Å²) in [6, 6.07) is 19.3. The van der Waals surface area contributed by atoms with Crippen molar-refractivity contribution in [1.82, 2.24) is 10.7 Å². The van der Waals surface area contributed by atoms with Gasteiger partial charge in [-0.1, -0.05) is 42.0 Å². The molecule has 33 heavy (non-hydrogen) atoms. The Bertz CT molecular complexity index is 1150. The first-order valence-electron chi connectivity index (χ1n) is 10.2. The van der Waals surface area contributed by atoms with E-state index >= 15 is 0 Å². The summed E-state index contributed by atoms with van der Waals surface area (Å²) in [7, 11) is 0. The Morgan fingerprint density at radius 1 is 1.09 bits per heavy atom. The lowest BCUT2D eigenvalue weighted by Crippen LogP contribution is -2.29. The van der Waals surface area contributed by atoms with E-state index in [0.717, 1.165) is 15.6 Å². The standard InChI is InChI=1S/C25H23BrFN3O3/c1-17-6-8-18(9-7-17)16-33-23-11-10-19(14-21(23)26)15-29-30-24(31)12-13-28-25(32)20-4-2-3-5-22(20)27/h2-11,14-15H,12-13,16H2,1H3,(H,28,32)(H,30,31). The molecule has 0 aliphatic rings. The predicted molar refractivity (Wildman–Crippen MR) is 129 cm³/mol. The zero-order valence-corrected chi connectivity index (χ0v) is 19.6. The molecular formula is C25H23BrFN3O3. The molecule has 0 saturated heterocycles. The smallest absolute Gasteiger partial charge is 0.254 e. The second-order valence-corrected chi connectivity index (χ2v) is 8.10. The van der Waals surface area contributed by atoms with Crippen LogP contribution in [0.25, 0.3) is 0 Å². The average Bonchev–Trinajstić information content (AvgIpc) is 2.80. The van der Waals surface area contributed by atoms with Crippen molar-refractivity contribution in [2.75, 3.05) is 6.54 Å². The SMILES string of the molecule is Cc1ccc(COc2ccc(C=NNC(=O)CCNC(=O)c3ccccc3F)cc2Br)cc1. The van der Waals surface area contributed by atoms with E-state index in [4.69, 9.17) is 4.74 Å². The van der Waals surface area contributed by atoms with Gasteiger partial charge in [-0.25, -0.2) is 9.82 Å². The molecule has 0 heterocycles. The molecule has 3 aromatic carbocycles. The number of ether oxygens (including phenoxy) is 1. The van der Waals surface area contributed by atoms with Gasteiger partial charge in [0, 0.05) is 13.0 Å². The fourth-order valence-electron chi connectivity index (χ4n) is 2.82. The third-order valence-corrected chi connectivity index (χ3v) is 5.25. The van der Waals surface area contributed by atoms with Gasteiger partial charge in [0.2, 0.25) is 5.91 Å². The molecule has 0 fully saturated rings. The van der Waals surface area contributed by atoms with E-state index in [2.05, 4.69) is 31.8 Å². The van der Waals surface area contributed by atoms with E-state index in [1.54, 1.807) is 6.07 Å². The van der Waals surface area contributed by atoms with Crippen LogP contribution in [0.3, 0.4) is 0 Å². The molecule has 2 amide bonds. The van der Waals surface area contributed by atoms with Gasteiger partial charge in [-0.15, -0.1) is 0 Å². The zero-order valence-electron chi connectivity index (χ0n) is 18.0. The number of benzene rings is 3. The van der Waals surface area contributed by atoms with Crippen LogP contribution in [-0.2, 0) is 11.4 Å². The van der Waals surface area contributed by atoms with Crippen LogP contribution in [0.15, 0.2) is 76.3 Å². The van der Waals surface area contributed by atoms with Crippen LogP contribution >= 0.6 is 15.9 Å². The molecule has 0 saturated carbocycles. The Labute approximate surface area is 200 Å². The monoisotopic (exact) mass is 511 g/mol. The molecule has 170 valence electrons. The van der Waals surface area contributed by atoms with E-state index in [9.17, 15) is 14.0 Å². The molecule has 3 rings (SSSR count). The van der Waals surface area contributed by atoms with Crippen LogP contribution in [0.1, 0.15) is 33.5 Å². The Kier molecular flexibility index (Phi) is 8.71. The molecule has 2 N–H and O–H groups in total. The molecule has 0 unspecified atom stereocenters. The number of carbonyl (C=O) groups excluding carboxylic acids is 2. The average molecular weight is 512 g/mol. The first kappa shape index (κ1) is 24.1. The minimum atomic E-state index is -0.609. The van der Waals surface area contributed by atoms with Crippen molar-refractivity contribution < 1.29 is 18.7 Å². The van der Waals surface area contributed by atoms with Crippen molar-refractivity contribution in [1.29, 1.82) is 0 Å². The number of aryl methyl sites for hydroxylation is 1. The summed E-state index contributed by atoms with van der Waals surface area (Å²) < 4.78 is 20.2. The van der Waals surface area contributed by atoms with Crippen molar-refractivity contribution in [2.45, 2.75) is 20.0 Å². The van der Waals surface area contributed by atoms with Gasteiger partial charge in [-0.3, -0.25) is 9.59 Å². The fourth-order valence-corrected chi connectivity index (χ4v) is 3.34. The molecule has 0 radical (unpaired) electrons. The summed E-state index contributed by atoms with van der Waals surface area (Å²) in [6.45, 7) is 2.55. The van der Waals surface area contributed by atoms with Crippen molar-refractivity contribution >= 4 is 34.0 Å². The van der Waals surface area contributed by atoms with Gasteiger partial charge >= 0.3 is 0 Å². The normalized spacial score (nSPS) is 10.8. The van der Waals surface area contributed by atoms with Crippen LogP contribution in [0.2, 0.25) is 0 Å². The molecular weight excluding hydrogens is 489 g/mol. The summed E-state index contributed by atoms with van der Waals surface area (Å²) in [4.78, 5) is 23.8. The summed E-state index contributed by atoms with van der Waals surface area (Å²) in [6.07, 6.45) is 1.51. The van der Waals surface area contributed by atoms with Crippen molar-refractivity contribution in [2.24, 2.45) is 5.10 Å². The zero-order chi connectivity index (χ0) is 23.6. The topological polar surface area (TPSA) is 79.8 Å². The van der Waals surface area contributed by atoms with Gasteiger partial charge < -0.3 is 10.1 Å². The van der Waals surface area contributed by atoms with E-state index in [1.807, 2.05) is 49.4 Å². The first-order valence-corrected chi connectivity index (χ1v) is 11.0. The van der Waals surface area contributed by atoms with Crippen molar-refractivity contribution in [3.63, 3.8) is 0 Å². The number of carbonyl (C=O) groups is 2. The number of halogens is 2. The predicted octanol–water partition coefficient (Wildman–Crippen LogP) is 4.75. The highest BCUT2D eigenvalue weighted by molar-refractivity contribution is 9.10. The summed E-state index contributed by atoms with van der Waals surface area (Å²) in [5.41, 5.74) is 5.37. The minimum Gasteiger partial charge on any atom is -0.488 e. The van der Waals surface area contributed by atoms with Gasteiger partial charge in [0.25, 0.3) is 5.91 Å². The Morgan fingerprint density at radius 3 is 2.58 bits per heavy atom. The molecule has 0 aromatic heterocycles. The number of hydrogen-bond donors (Lipinski definition) is 2. The quantitative estimate of drug-likeness (QED) is 0.321. The lowest BCUT2D eigenvalue weighted by atomic mass is 10.2. The highest BCUT2D eigenvalue weighted by Crippen LogP contribution is 2.26. The molecule has 0 spiro atoms. The van der Waals surface area contributed by atoms with Crippen LogP contribution in [0.5, 0.6) is 5.75 Å². The number of hydrogen-bond acceptors (Lipinski definition) is 4. The fraction of sp³-hybridized carbons (Fsp3) is 0.160. The molecule has 0 aliphatic heterocycles. The van der Waals surface area contributed by atoms with Crippen molar-refractivity contribution in [3.05, 3.63) is 99.3 Å². The third kappa shape index (κ3) is 7.54. The highest BCUT2D eigenvalue weighted by atomic mass is 79.9. The van der Waals surface area contributed by atoms with Gasteiger partial charge in [0.1, 0.15) is 18.2 Å². The van der Waals surface area contributed by atoms with Crippen LogP contribution in [0, 0.1) is 12.7 Å². The Hall–Kier alpha value is -3.52. The number of amides is 2. The number of rotatable bonds is 9. The lowest BCUT2D eigenvalue weighted by Gasteiger charge is -2.09. The Morgan fingerprint density at radius 2 is 1.85 bits per heavy atom. The van der Waals surface area contributed by atoms with Gasteiger partial charge in [-0.2, -0.15) is 5.10 Å². The third-order valence-electron chi connectivity index (χ3n) is 4.63. The number of hydrazone groups is 1. The minimum absolute atomic E-state index is 0.00696. The Balaban J connectivity index is 1.42. The summed E-state index contributed by atoms with van der Waals surface area (Å²) in [5, 5.41) is 6.43. The maximum atomic E-state index is 13.6. The number of nitrogens with zero attached hydrogens (tertiary/aromatic N) is 1. The number of nitrogens with one attached hydrogen (secondary N) is 2. The first-order chi connectivity index (χ1) is 15.9. The van der Waals surface area contributed by atoms with Crippen LogP contribution < -0.4 is 15.5 Å². The lowest BCUT2D eigenvalue weighted by molar-refractivity contribution is -0.120. The highest BCUT2D eigenvalue weighted by Gasteiger charge is 2.10. The summed E-state index contributed by atoms with van der Waals surface area (Å²) >= 11 is 3.48. The molecule has 0 aliphatic carbocycles. The second kappa shape index (κ2) is 11.9. The van der Waals surface area contributed by atoms with E-state index in [-0.39, 0.29) is 24.4 Å². The van der Waals surface area contributed by atoms with Gasteiger partial charge in [0.15, 0.2) is 0 Å². The maximum Gasteiger partial charge on any atom is 0.254 e. The molecule has 0 atom stereocenters. The molecule has 0 bridgehead atoms. The van der Waals surface area contributed by atoms with Crippen LogP contribution in [0.4, 0.5) is 4.39 Å². The molecule has 3 aromatic rings. The summed E-state index contributed by atoms with van der Waals surface area (Å²) in [5.74, 6) is -0.861. The largest absolute Gasteiger partial charge is 0.488 e. The second-order valence-electron chi connectivity index (χ2n) is 7.24. The van der Waals surface area contributed by atoms with E-state index < -0.39 is 11.7 Å². The molecule has 6 nitrogen and oxygen atoms in total. The van der Waals surface area contributed by atoms with Crippen molar-refractivity contribution in [3.8, 4) is 5.75 Å². The van der Waals surface area contributed by atoms with Gasteiger partial charge in [0.05, 0.1) is 16.3 Å². The molecule has 8 heteroatoms. The van der Waals surface area contributed by atoms with Crippen LogP contribution in [-0.4, -0.2) is 24.6 Å². The van der Waals surface area contributed by atoms with Gasteiger partial charge in [-0.05, 0) is 64.3 Å².